The lowest BCUT2D eigenvalue weighted by Crippen LogP contribution is -2.66. The Morgan fingerprint density at radius 2 is 1.84 bits per heavy atom. The summed E-state index contributed by atoms with van der Waals surface area (Å²) in [5.74, 6) is -1.32. The molecule has 38 heavy (non-hydrogen) atoms. The summed E-state index contributed by atoms with van der Waals surface area (Å²) in [6.45, 7) is 6.92. The molecule has 6 unspecified atom stereocenters. The van der Waals surface area contributed by atoms with E-state index in [0.717, 1.165) is 20.0 Å². The van der Waals surface area contributed by atoms with Crippen LogP contribution in [-0.2, 0) is 33.3 Å². The number of epoxide rings is 1. The molecule has 3 fully saturated rings. The SMILES string of the molecule is CC1=CC2O[C@@H]3CC4CC(C35CO5)[C@]2(CC1)COC(=O)[C@@H](O)C(C)CCOC(C)/C=C/C=C\C(=O)O4.CO. The normalized spacial score (nSPS) is 45.0. The number of hydrogen-bond acceptors (Lipinski definition) is 9. The predicted molar refractivity (Wildman–Crippen MR) is 138 cm³/mol. The summed E-state index contributed by atoms with van der Waals surface area (Å²) in [5, 5.41) is 17.7. The molecule has 3 bridgehead atoms. The van der Waals surface area contributed by atoms with Crippen molar-refractivity contribution in [2.24, 2.45) is 17.3 Å². The molecule has 5 aliphatic rings. The van der Waals surface area contributed by atoms with Crippen molar-refractivity contribution >= 4 is 11.9 Å². The highest BCUT2D eigenvalue weighted by Crippen LogP contribution is 2.63. The molecule has 1 saturated carbocycles. The molecule has 5 rings (SSSR count). The average molecular weight is 535 g/mol. The van der Waals surface area contributed by atoms with Gasteiger partial charge in [0.05, 0.1) is 24.9 Å². The zero-order chi connectivity index (χ0) is 27.5. The number of fused-ring (bicyclic) bond motifs is 1. The number of allylic oxidation sites excluding steroid dienone is 3. The first-order valence-electron chi connectivity index (χ1n) is 13.7. The van der Waals surface area contributed by atoms with Gasteiger partial charge in [-0.15, -0.1) is 0 Å². The van der Waals surface area contributed by atoms with E-state index in [1.165, 1.54) is 11.6 Å². The molecule has 2 aliphatic carbocycles. The second-order valence-corrected chi connectivity index (χ2v) is 11.3. The summed E-state index contributed by atoms with van der Waals surface area (Å²) in [5.41, 5.74) is 0.319. The maximum Gasteiger partial charge on any atom is 0.335 e. The van der Waals surface area contributed by atoms with Gasteiger partial charge in [0.1, 0.15) is 18.3 Å². The van der Waals surface area contributed by atoms with Gasteiger partial charge in [0.2, 0.25) is 0 Å². The van der Waals surface area contributed by atoms with Gasteiger partial charge in [0, 0.05) is 37.5 Å². The number of carbonyl (C=O) groups is 2. The van der Waals surface area contributed by atoms with Gasteiger partial charge in [0.15, 0.2) is 6.10 Å². The van der Waals surface area contributed by atoms with Gasteiger partial charge in [-0.25, -0.2) is 9.59 Å². The molecule has 3 aliphatic heterocycles. The maximum atomic E-state index is 12.9. The molecule has 0 amide bonds. The molecule has 2 N–H and O–H groups in total. The van der Waals surface area contributed by atoms with Crippen molar-refractivity contribution in [1.29, 1.82) is 0 Å². The quantitative estimate of drug-likeness (QED) is 0.274. The lowest BCUT2D eigenvalue weighted by molar-refractivity contribution is -0.240. The highest BCUT2D eigenvalue weighted by atomic mass is 16.6. The molecule has 0 aromatic rings. The lowest BCUT2D eigenvalue weighted by atomic mass is 9.54. The number of esters is 2. The van der Waals surface area contributed by atoms with Crippen LogP contribution in [0.3, 0.4) is 0 Å². The van der Waals surface area contributed by atoms with Crippen LogP contribution in [0.1, 0.15) is 52.9 Å². The second kappa shape index (κ2) is 12.0. The smallest absolute Gasteiger partial charge is 0.335 e. The summed E-state index contributed by atoms with van der Waals surface area (Å²) in [6, 6.07) is 0. The van der Waals surface area contributed by atoms with Crippen molar-refractivity contribution in [2.45, 2.75) is 89.0 Å². The van der Waals surface area contributed by atoms with Gasteiger partial charge in [-0.2, -0.15) is 0 Å². The monoisotopic (exact) mass is 534 g/mol. The summed E-state index contributed by atoms with van der Waals surface area (Å²) in [6.07, 6.45) is 10.1. The maximum absolute atomic E-state index is 12.9. The van der Waals surface area contributed by atoms with E-state index >= 15 is 0 Å². The van der Waals surface area contributed by atoms with E-state index < -0.39 is 29.1 Å². The Hall–Kier alpha value is -2.04. The third-order valence-corrected chi connectivity index (χ3v) is 8.81. The first kappa shape index (κ1) is 29.0. The summed E-state index contributed by atoms with van der Waals surface area (Å²) >= 11 is 0. The van der Waals surface area contributed by atoms with Gasteiger partial charge in [-0.3, -0.25) is 0 Å². The first-order chi connectivity index (χ1) is 18.2. The number of aliphatic hydroxyl groups excluding tert-OH is 2. The molecule has 9 atom stereocenters. The first-order valence-corrected chi connectivity index (χ1v) is 13.7. The molecule has 9 nitrogen and oxygen atoms in total. The van der Waals surface area contributed by atoms with E-state index in [9.17, 15) is 14.7 Å². The molecule has 9 heteroatoms. The molecule has 0 aromatic heterocycles. The van der Waals surface area contributed by atoms with Gasteiger partial charge >= 0.3 is 11.9 Å². The molecular weight excluding hydrogens is 492 g/mol. The fourth-order valence-electron chi connectivity index (χ4n) is 6.47. The number of hydrogen-bond donors (Lipinski definition) is 2. The van der Waals surface area contributed by atoms with Gasteiger partial charge in [-0.05, 0) is 45.4 Å². The van der Waals surface area contributed by atoms with Crippen LogP contribution in [0.15, 0.2) is 36.0 Å². The Labute approximate surface area is 224 Å². The molecule has 2 spiro atoms. The van der Waals surface area contributed by atoms with Crippen molar-refractivity contribution in [3.63, 3.8) is 0 Å². The summed E-state index contributed by atoms with van der Waals surface area (Å²) < 4.78 is 30.1. The van der Waals surface area contributed by atoms with E-state index in [2.05, 4.69) is 13.0 Å². The van der Waals surface area contributed by atoms with E-state index in [1.54, 1.807) is 12.2 Å². The molecular formula is C29H42O9. The zero-order valence-electron chi connectivity index (χ0n) is 22.8. The van der Waals surface area contributed by atoms with E-state index in [-0.39, 0.29) is 42.9 Å². The fraction of sp³-hybridized carbons (Fsp3) is 0.724. The minimum Gasteiger partial charge on any atom is -0.463 e. The number of aliphatic hydroxyl groups is 2. The Balaban J connectivity index is 0.00000164. The number of rotatable bonds is 0. The van der Waals surface area contributed by atoms with Crippen LogP contribution in [0.2, 0.25) is 0 Å². The van der Waals surface area contributed by atoms with Crippen molar-refractivity contribution in [1.82, 2.24) is 0 Å². The Bertz CT molecular complexity index is 952. The number of ether oxygens (including phenoxy) is 5. The van der Waals surface area contributed by atoms with Crippen molar-refractivity contribution in [3.8, 4) is 0 Å². The van der Waals surface area contributed by atoms with Crippen LogP contribution in [0.5, 0.6) is 0 Å². The van der Waals surface area contributed by atoms with Crippen LogP contribution in [0.25, 0.3) is 0 Å². The van der Waals surface area contributed by atoms with Crippen LogP contribution in [0, 0.1) is 17.3 Å². The summed E-state index contributed by atoms with van der Waals surface area (Å²) in [4.78, 5) is 25.5. The van der Waals surface area contributed by atoms with E-state index in [4.69, 9.17) is 28.8 Å². The van der Waals surface area contributed by atoms with Gasteiger partial charge in [-0.1, -0.05) is 36.8 Å². The van der Waals surface area contributed by atoms with Crippen LogP contribution < -0.4 is 0 Å². The molecule has 0 radical (unpaired) electrons. The number of cyclic esters (lactones) is 1. The van der Waals surface area contributed by atoms with E-state index in [1.807, 2.05) is 19.9 Å². The third-order valence-electron chi connectivity index (χ3n) is 8.81. The number of carbonyl (C=O) groups excluding carboxylic acids is 2. The topological polar surface area (TPSA) is 124 Å². The molecule has 212 valence electrons. The third kappa shape index (κ3) is 5.77. The van der Waals surface area contributed by atoms with Crippen LogP contribution >= 0.6 is 0 Å². The fourth-order valence-corrected chi connectivity index (χ4v) is 6.47. The highest BCUT2D eigenvalue weighted by Gasteiger charge is 2.72. The van der Waals surface area contributed by atoms with Crippen LogP contribution in [0.4, 0.5) is 0 Å². The Kier molecular flexibility index (Phi) is 9.15. The van der Waals surface area contributed by atoms with Gasteiger partial charge in [0.25, 0.3) is 0 Å². The van der Waals surface area contributed by atoms with Gasteiger partial charge < -0.3 is 33.9 Å². The Morgan fingerprint density at radius 3 is 2.58 bits per heavy atom. The minimum absolute atomic E-state index is 0.00669. The van der Waals surface area contributed by atoms with Crippen LogP contribution in [-0.4, -0.2) is 85.2 Å². The lowest BCUT2D eigenvalue weighted by Gasteiger charge is -2.58. The molecule has 2 saturated heterocycles. The molecule has 0 aromatic carbocycles. The zero-order valence-corrected chi connectivity index (χ0v) is 22.8. The summed E-state index contributed by atoms with van der Waals surface area (Å²) in [7, 11) is 1.00. The average Bonchev–Trinajstić information content (AvgIpc) is 3.68. The van der Waals surface area contributed by atoms with Crippen molar-refractivity contribution < 1.29 is 43.5 Å². The Morgan fingerprint density at radius 1 is 1.08 bits per heavy atom. The predicted octanol–water partition coefficient (Wildman–Crippen LogP) is 2.64. The minimum atomic E-state index is -1.23. The standard InChI is InChI=1S/C28H38O8.CH4O/c1-17-8-10-27-15-33-26(31)25(30)18(2)9-11-32-19(3)6-4-5-7-24(29)35-20-13-21(27)28(16-34-28)23(14-20)36-22(27)12-17;1-2/h4-7,12,18-23,25,30H,8-11,13-16H2,1-3H3;2H,1H3/b6-4+,7-5-;/t18?,19?,20?,21?,22?,23-,25+,27+,28?;/m1./s1. The highest BCUT2D eigenvalue weighted by molar-refractivity contribution is 5.82. The second-order valence-electron chi connectivity index (χ2n) is 11.3. The molecule has 3 heterocycles. The largest absolute Gasteiger partial charge is 0.463 e. The van der Waals surface area contributed by atoms with E-state index in [0.29, 0.717) is 32.5 Å². The van der Waals surface area contributed by atoms with Crippen molar-refractivity contribution in [2.75, 3.05) is 26.9 Å². The van der Waals surface area contributed by atoms with Crippen molar-refractivity contribution in [3.05, 3.63) is 36.0 Å².